The molecular formula is C25H24FN7O2S. The van der Waals surface area contributed by atoms with Crippen LogP contribution in [-0.4, -0.2) is 74.1 Å². The van der Waals surface area contributed by atoms with Gasteiger partial charge in [-0.1, -0.05) is 12.1 Å². The summed E-state index contributed by atoms with van der Waals surface area (Å²) in [6.45, 7) is 6.76. The number of aromatic amines is 1. The van der Waals surface area contributed by atoms with Gasteiger partial charge in [-0.2, -0.15) is 10.2 Å². The number of nitrogens with zero attached hydrogens (tertiary/aromatic N) is 6. The molecule has 184 valence electrons. The fourth-order valence-corrected chi connectivity index (χ4v) is 5.49. The lowest BCUT2D eigenvalue weighted by Crippen LogP contribution is -2.38. The molecule has 1 aliphatic rings. The van der Waals surface area contributed by atoms with Gasteiger partial charge < -0.3 is 9.47 Å². The molecule has 0 aliphatic carbocycles. The number of fused-ring (bicyclic) bond motifs is 1. The molecule has 1 fully saturated rings. The second-order valence-electron chi connectivity index (χ2n) is 8.47. The number of halogens is 1. The van der Waals surface area contributed by atoms with Crippen molar-refractivity contribution >= 4 is 16.9 Å². The number of aromatic nitrogens is 6. The smallest absolute Gasteiger partial charge is 0.167 e. The molecule has 0 unspecified atom stereocenters. The minimum absolute atomic E-state index is 0.345. The van der Waals surface area contributed by atoms with Gasteiger partial charge in [0.15, 0.2) is 5.82 Å². The number of ether oxygens (including phenoxy) is 2. The van der Waals surface area contributed by atoms with Gasteiger partial charge in [0.25, 0.3) is 0 Å². The van der Waals surface area contributed by atoms with Crippen molar-refractivity contribution in [2.75, 3.05) is 39.5 Å². The van der Waals surface area contributed by atoms with E-state index in [1.54, 1.807) is 18.2 Å². The van der Waals surface area contributed by atoms with E-state index in [4.69, 9.17) is 14.5 Å². The van der Waals surface area contributed by atoms with Gasteiger partial charge >= 0.3 is 0 Å². The molecule has 11 heteroatoms. The maximum atomic E-state index is 14.8. The Kier molecular flexibility index (Phi) is 6.18. The monoisotopic (exact) mass is 505 g/mol. The van der Waals surface area contributed by atoms with Crippen LogP contribution in [0.25, 0.3) is 38.0 Å². The summed E-state index contributed by atoms with van der Waals surface area (Å²) in [7, 11) is 0. The lowest BCUT2D eigenvalue weighted by Gasteiger charge is -2.26. The van der Waals surface area contributed by atoms with Crippen LogP contribution >= 0.6 is 11.3 Å². The van der Waals surface area contributed by atoms with E-state index in [0.29, 0.717) is 28.6 Å². The normalized spacial score (nSPS) is 14.5. The standard InChI is InChI=1S/C25H24FN7O2S/c1-16-21(20-14-17(6-7-33(20)31-16)35-13-10-32-8-11-34-12-9-32)25-29-22(18-4-2-3-5-19(18)26)23(36-25)24-27-15-28-30-24/h2-7,14-15H,8-13H2,1H3,(H,27,28,30). The predicted molar refractivity (Wildman–Crippen MR) is 135 cm³/mol. The molecule has 9 nitrogen and oxygen atoms in total. The maximum Gasteiger partial charge on any atom is 0.167 e. The van der Waals surface area contributed by atoms with Crippen LogP contribution in [0.1, 0.15) is 5.69 Å². The Balaban J connectivity index is 1.36. The summed E-state index contributed by atoms with van der Waals surface area (Å²) in [6, 6.07) is 10.5. The number of morpholine rings is 1. The molecule has 1 aromatic carbocycles. The number of rotatable bonds is 7. The molecule has 1 aliphatic heterocycles. The topological polar surface area (TPSA) is 93.5 Å². The molecule has 0 saturated carbocycles. The van der Waals surface area contributed by atoms with Gasteiger partial charge in [-0.25, -0.2) is 18.9 Å². The molecular weight excluding hydrogens is 481 g/mol. The van der Waals surface area contributed by atoms with Crippen LogP contribution in [0.3, 0.4) is 0 Å². The van der Waals surface area contributed by atoms with E-state index in [2.05, 4.69) is 25.2 Å². The first-order valence-corrected chi connectivity index (χ1v) is 12.5. The molecule has 0 spiro atoms. The first kappa shape index (κ1) is 22.8. The third kappa shape index (κ3) is 4.36. The molecule has 4 aromatic heterocycles. The van der Waals surface area contributed by atoms with Crippen molar-refractivity contribution in [3.63, 3.8) is 0 Å². The predicted octanol–water partition coefficient (Wildman–Crippen LogP) is 4.07. The van der Waals surface area contributed by atoms with E-state index < -0.39 is 0 Å². The van der Waals surface area contributed by atoms with Gasteiger partial charge in [-0.05, 0) is 25.1 Å². The maximum absolute atomic E-state index is 14.8. The first-order valence-electron chi connectivity index (χ1n) is 11.7. The van der Waals surface area contributed by atoms with Crippen LogP contribution in [-0.2, 0) is 4.74 Å². The average Bonchev–Trinajstić information content (AvgIpc) is 3.63. The lowest BCUT2D eigenvalue weighted by molar-refractivity contribution is 0.0322. The van der Waals surface area contributed by atoms with Crippen molar-refractivity contribution in [2.45, 2.75) is 6.92 Å². The van der Waals surface area contributed by atoms with Crippen LogP contribution in [0.4, 0.5) is 4.39 Å². The highest BCUT2D eigenvalue weighted by Gasteiger charge is 2.23. The number of H-pyrrole nitrogens is 1. The highest BCUT2D eigenvalue weighted by atomic mass is 32.1. The number of hydrogen-bond donors (Lipinski definition) is 1. The second-order valence-corrected chi connectivity index (χ2v) is 9.46. The van der Waals surface area contributed by atoms with Crippen molar-refractivity contribution in [1.82, 2.24) is 34.7 Å². The number of thiazole rings is 1. The van der Waals surface area contributed by atoms with Crippen molar-refractivity contribution in [3.05, 3.63) is 60.4 Å². The average molecular weight is 506 g/mol. The van der Waals surface area contributed by atoms with Crippen molar-refractivity contribution in [2.24, 2.45) is 0 Å². The summed E-state index contributed by atoms with van der Waals surface area (Å²) in [5, 5.41) is 12.3. The Labute approximate surface area is 210 Å². The van der Waals surface area contributed by atoms with Crippen LogP contribution < -0.4 is 4.74 Å². The Morgan fingerprint density at radius 3 is 2.86 bits per heavy atom. The molecule has 1 N–H and O–H groups in total. The quantitative estimate of drug-likeness (QED) is 0.356. The summed E-state index contributed by atoms with van der Waals surface area (Å²) < 4.78 is 28.1. The van der Waals surface area contributed by atoms with Gasteiger partial charge in [-0.15, -0.1) is 11.3 Å². The van der Waals surface area contributed by atoms with Crippen LogP contribution in [0.5, 0.6) is 5.75 Å². The van der Waals surface area contributed by atoms with Crippen molar-refractivity contribution < 1.29 is 13.9 Å². The summed E-state index contributed by atoms with van der Waals surface area (Å²) in [5.74, 6) is 0.958. The molecule has 6 rings (SSSR count). The van der Waals surface area contributed by atoms with Crippen molar-refractivity contribution in [3.8, 4) is 38.3 Å². The van der Waals surface area contributed by atoms with Gasteiger partial charge in [0, 0.05) is 37.5 Å². The molecule has 0 amide bonds. The van der Waals surface area contributed by atoms with E-state index in [1.165, 1.54) is 23.7 Å². The second kappa shape index (κ2) is 9.76. The molecule has 0 bridgehead atoms. The molecule has 0 atom stereocenters. The molecule has 5 aromatic rings. The number of hydrogen-bond acceptors (Lipinski definition) is 8. The minimum atomic E-state index is -0.345. The Morgan fingerprint density at radius 1 is 1.19 bits per heavy atom. The highest BCUT2D eigenvalue weighted by molar-refractivity contribution is 7.19. The van der Waals surface area contributed by atoms with Gasteiger partial charge in [0.2, 0.25) is 0 Å². The highest BCUT2D eigenvalue weighted by Crippen LogP contribution is 2.42. The van der Waals surface area contributed by atoms with Gasteiger partial charge in [0.05, 0.1) is 40.6 Å². The largest absolute Gasteiger partial charge is 0.492 e. The summed E-state index contributed by atoms with van der Waals surface area (Å²) in [6.07, 6.45) is 3.32. The van der Waals surface area contributed by atoms with E-state index in [9.17, 15) is 4.39 Å². The third-order valence-corrected chi connectivity index (χ3v) is 7.24. The summed E-state index contributed by atoms with van der Waals surface area (Å²) in [5.41, 5.74) is 3.49. The Hall–Kier alpha value is -3.67. The lowest BCUT2D eigenvalue weighted by atomic mass is 10.1. The van der Waals surface area contributed by atoms with E-state index in [-0.39, 0.29) is 5.82 Å². The van der Waals surface area contributed by atoms with Crippen molar-refractivity contribution in [1.29, 1.82) is 0 Å². The fourth-order valence-electron chi connectivity index (χ4n) is 4.35. The minimum Gasteiger partial charge on any atom is -0.492 e. The summed E-state index contributed by atoms with van der Waals surface area (Å²) in [4.78, 5) is 12.2. The molecule has 36 heavy (non-hydrogen) atoms. The number of nitrogens with one attached hydrogen (secondary N) is 1. The van der Waals surface area contributed by atoms with Gasteiger partial charge in [0.1, 0.15) is 29.5 Å². The van der Waals surface area contributed by atoms with E-state index in [0.717, 1.165) is 60.4 Å². The van der Waals surface area contributed by atoms with E-state index in [1.807, 2.05) is 29.8 Å². The molecule has 5 heterocycles. The summed E-state index contributed by atoms with van der Waals surface area (Å²) >= 11 is 1.43. The zero-order valence-corrected chi connectivity index (χ0v) is 20.5. The van der Waals surface area contributed by atoms with E-state index >= 15 is 0 Å². The number of benzene rings is 1. The number of aryl methyl sites for hydroxylation is 1. The van der Waals surface area contributed by atoms with Crippen LogP contribution in [0.2, 0.25) is 0 Å². The van der Waals surface area contributed by atoms with Crippen LogP contribution in [0, 0.1) is 12.7 Å². The van der Waals surface area contributed by atoms with Crippen LogP contribution in [0.15, 0.2) is 48.9 Å². The third-order valence-electron chi connectivity index (χ3n) is 6.16. The molecule has 1 saturated heterocycles. The first-order chi connectivity index (χ1) is 17.7. The number of pyridine rings is 1. The Bertz CT molecular complexity index is 1490. The fraction of sp³-hybridized carbons (Fsp3) is 0.280. The SMILES string of the molecule is Cc1nn2ccc(OCCN3CCOCC3)cc2c1-c1nc(-c2ccccc2F)c(-c2ncn[nH]2)s1. The van der Waals surface area contributed by atoms with Gasteiger partial charge in [-0.3, -0.25) is 10.00 Å². The molecule has 0 radical (unpaired) electrons. The zero-order valence-electron chi connectivity index (χ0n) is 19.6. The Morgan fingerprint density at radius 2 is 2.06 bits per heavy atom. The zero-order chi connectivity index (χ0) is 24.5.